The van der Waals surface area contributed by atoms with E-state index in [0.717, 1.165) is 91.1 Å². The molecular formula is C50H72F3I2N5OV. The molecule has 4 N–H and O–H groups in total. The summed E-state index contributed by atoms with van der Waals surface area (Å²) in [4.78, 5) is 5.43. The first-order valence-electron chi connectivity index (χ1n) is 22.6. The van der Waals surface area contributed by atoms with Gasteiger partial charge in [0.05, 0.1) is 6.61 Å². The van der Waals surface area contributed by atoms with Crippen molar-refractivity contribution in [2.24, 2.45) is 23.7 Å². The number of anilines is 2. The number of nitrogens with two attached hydrogens (primary N) is 1. The molecule has 4 fully saturated rings. The van der Waals surface area contributed by atoms with Gasteiger partial charge in [-0.2, -0.15) is 0 Å². The maximum atomic E-state index is 13.6. The van der Waals surface area contributed by atoms with Crippen LogP contribution in [0.2, 0.25) is 0 Å². The minimum atomic E-state index is -0.242. The molecule has 2 saturated carbocycles. The van der Waals surface area contributed by atoms with Crippen molar-refractivity contribution in [3.05, 3.63) is 90.9 Å². The molecule has 2 aliphatic carbocycles. The Morgan fingerprint density at radius 3 is 1.56 bits per heavy atom. The topological polar surface area (TPSA) is 69.7 Å². The van der Waals surface area contributed by atoms with Crippen molar-refractivity contribution >= 4 is 67.5 Å². The SMILES string of the molecule is C.CC(C)C1CCC(N2CCC(Nc3ccc(F)cc3I)CC2)CC1.CC(C)C1CCC(N2CCC(n3c(CO)cc4cc(F)ccc43)CC2)CC1.Nc1ccc(F)cc1I.[V]. The van der Waals surface area contributed by atoms with Crippen LogP contribution in [0.4, 0.5) is 24.5 Å². The molecule has 1 radical (unpaired) electrons. The smallest absolute Gasteiger partial charge is 0.124 e. The number of aliphatic hydroxyl groups is 1. The van der Waals surface area contributed by atoms with Gasteiger partial charge in [-0.25, -0.2) is 13.2 Å². The third-order valence-electron chi connectivity index (χ3n) is 14.1. The Bertz CT molecular complexity index is 1950. The normalized spacial score (nSPS) is 22.8. The molecule has 0 amide bonds. The predicted molar refractivity (Wildman–Crippen MR) is 266 cm³/mol. The molecule has 0 spiro atoms. The Kier molecular flexibility index (Phi) is 21.8. The van der Waals surface area contributed by atoms with Crippen LogP contribution in [0, 0.1) is 48.3 Å². The van der Waals surface area contributed by atoms with E-state index in [1.54, 1.807) is 24.3 Å². The molecule has 0 atom stereocenters. The molecule has 3 heterocycles. The van der Waals surface area contributed by atoms with E-state index in [-0.39, 0.29) is 50.0 Å². The Morgan fingerprint density at radius 2 is 1.10 bits per heavy atom. The summed E-state index contributed by atoms with van der Waals surface area (Å²) in [5.74, 6) is 2.92. The molecule has 343 valence electrons. The van der Waals surface area contributed by atoms with E-state index in [9.17, 15) is 18.3 Å². The van der Waals surface area contributed by atoms with Crippen molar-refractivity contribution in [2.45, 2.75) is 143 Å². The third kappa shape index (κ3) is 14.5. The van der Waals surface area contributed by atoms with Crippen LogP contribution in [0.3, 0.4) is 0 Å². The first-order chi connectivity index (χ1) is 28.8. The summed E-state index contributed by atoms with van der Waals surface area (Å²) < 4.78 is 43.1. The number of hydrogen-bond donors (Lipinski definition) is 3. The van der Waals surface area contributed by atoms with Crippen LogP contribution >= 0.6 is 45.2 Å². The van der Waals surface area contributed by atoms with Crippen LogP contribution in [0.5, 0.6) is 0 Å². The largest absolute Gasteiger partial charge is 0.398 e. The number of rotatable bonds is 8. The number of nitrogen functional groups attached to an aromatic ring is 1. The quantitative estimate of drug-likeness (QED) is 0.121. The maximum Gasteiger partial charge on any atom is 0.124 e. The Balaban J connectivity index is 0.000000222. The number of aromatic nitrogens is 1. The predicted octanol–water partition coefficient (Wildman–Crippen LogP) is 13.3. The van der Waals surface area contributed by atoms with Gasteiger partial charge in [-0.3, -0.25) is 0 Å². The van der Waals surface area contributed by atoms with Gasteiger partial charge in [-0.05, 0) is 207 Å². The Morgan fingerprint density at radius 1 is 0.629 bits per heavy atom. The fraction of sp³-hybridized carbons (Fsp3) is 0.600. The minimum Gasteiger partial charge on any atom is -0.398 e. The van der Waals surface area contributed by atoms with Crippen LogP contribution in [0.25, 0.3) is 10.9 Å². The minimum absolute atomic E-state index is 0. The molecule has 4 aliphatic rings. The monoisotopic (exact) mass is 1120 g/mol. The fourth-order valence-electron chi connectivity index (χ4n) is 10.3. The summed E-state index contributed by atoms with van der Waals surface area (Å²) >= 11 is 4.20. The first-order valence-corrected chi connectivity index (χ1v) is 24.8. The molecule has 1 aromatic heterocycles. The number of nitrogens with zero attached hydrogens (tertiary/aromatic N) is 3. The van der Waals surface area contributed by atoms with Crippen molar-refractivity contribution in [3.63, 3.8) is 0 Å². The number of halogens is 5. The molecule has 6 nitrogen and oxygen atoms in total. The number of benzene rings is 3. The van der Waals surface area contributed by atoms with Gasteiger partial charge in [0.2, 0.25) is 0 Å². The number of likely N-dealkylation sites (tertiary alicyclic amines) is 2. The van der Waals surface area contributed by atoms with Gasteiger partial charge in [0.1, 0.15) is 17.5 Å². The molecule has 0 bridgehead atoms. The molecule has 2 aliphatic heterocycles. The van der Waals surface area contributed by atoms with Gasteiger partial charge in [-0.15, -0.1) is 0 Å². The molecule has 3 aromatic carbocycles. The van der Waals surface area contributed by atoms with Crippen molar-refractivity contribution in [3.8, 4) is 0 Å². The van der Waals surface area contributed by atoms with E-state index in [2.05, 4.69) is 70.0 Å². The van der Waals surface area contributed by atoms with Gasteiger partial charge < -0.3 is 30.5 Å². The molecule has 4 aromatic rings. The van der Waals surface area contributed by atoms with E-state index < -0.39 is 0 Å². The zero-order valence-corrected chi connectivity index (χ0v) is 42.3. The Labute approximate surface area is 410 Å². The van der Waals surface area contributed by atoms with Crippen LogP contribution < -0.4 is 11.1 Å². The second kappa shape index (κ2) is 25.4. The second-order valence-electron chi connectivity index (χ2n) is 18.5. The zero-order valence-electron chi connectivity index (χ0n) is 36.6. The standard InChI is InChI=1S/C23H33FN2O.C20H30FIN2.C6H5FIN.CH4.V/c1-16(2)17-3-6-20(7-4-17)25-11-9-21(10-12-25)26-22(15-27)14-18-13-19(24)5-8-23(18)26;1-14(2)15-3-6-18(7-4-15)24-11-9-17(10-12-24)23-20-8-5-16(21)13-19(20)22;7-4-1-2-6(9)5(8)3-4;;/h5,8,13-14,16-17,20-21,27H,3-4,6-7,9-12,15H2,1-2H3;5,8,13-15,17-18,23H,3-4,6-7,9-12H2,1-2H3;1-3H,9H2;1H4;. The number of piperidine rings is 2. The average molecular weight is 1120 g/mol. The van der Waals surface area contributed by atoms with Crippen molar-refractivity contribution in [1.29, 1.82) is 0 Å². The second-order valence-corrected chi connectivity index (χ2v) is 20.8. The van der Waals surface area contributed by atoms with Crippen LogP contribution in [0.1, 0.15) is 124 Å². The fourth-order valence-corrected chi connectivity index (χ4v) is 11.4. The zero-order chi connectivity index (χ0) is 42.9. The van der Waals surface area contributed by atoms with Gasteiger partial charge in [0, 0.05) is 104 Å². The maximum absolute atomic E-state index is 13.6. The van der Waals surface area contributed by atoms with Crippen molar-refractivity contribution in [2.75, 3.05) is 37.2 Å². The summed E-state index contributed by atoms with van der Waals surface area (Å²) in [6.07, 6.45) is 15.7. The van der Waals surface area contributed by atoms with E-state index in [1.807, 2.05) is 40.8 Å². The molecular weight excluding hydrogens is 1050 g/mol. The summed E-state index contributed by atoms with van der Waals surface area (Å²) in [6.45, 7) is 14.2. The van der Waals surface area contributed by atoms with Gasteiger partial charge >= 0.3 is 0 Å². The van der Waals surface area contributed by atoms with E-state index in [4.69, 9.17) is 5.73 Å². The van der Waals surface area contributed by atoms with E-state index in [0.29, 0.717) is 17.8 Å². The number of hydrogen-bond acceptors (Lipinski definition) is 5. The molecule has 62 heavy (non-hydrogen) atoms. The molecule has 12 heteroatoms. The number of nitrogens with one attached hydrogen (secondary N) is 1. The van der Waals surface area contributed by atoms with E-state index >= 15 is 0 Å². The molecule has 0 unspecified atom stereocenters. The summed E-state index contributed by atoms with van der Waals surface area (Å²) in [6, 6.07) is 18.7. The average Bonchev–Trinajstić information content (AvgIpc) is 3.62. The molecule has 2 saturated heterocycles. The Hall–Kier alpha value is -1.49. The van der Waals surface area contributed by atoms with Gasteiger partial charge in [0.25, 0.3) is 0 Å². The van der Waals surface area contributed by atoms with E-state index in [1.165, 1.54) is 95.5 Å². The number of fused-ring (bicyclic) bond motifs is 1. The summed E-state index contributed by atoms with van der Waals surface area (Å²) in [7, 11) is 0. The van der Waals surface area contributed by atoms with Crippen LogP contribution in [0.15, 0.2) is 60.7 Å². The summed E-state index contributed by atoms with van der Waals surface area (Å²) in [5, 5.41) is 14.3. The van der Waals surface area contributed by atoms with Gasteiger partial charge in [0.15, 0.2) is 0 Å². The van der Waals surface area contributed by atoms with Crippen LogP contribution in [-0.2, 0) is 25.2 Å². The van der Waals surface area contributed by atoms with Crippen molar-refractivity contribution in [1.82, 2.24) is 14.4 Å². The first kappa shape index (κ1) is 53.1. The summed E-state index contributed by atoms with van der Waals surface area (Å²) in [5.41, 5.74) is 9.07. The van der Waals surface area contributed by atoms with Gasteiger partial charge in [-0.1, -0.05) is 35.1 Å². The molecule has 8 rings (SSSR count). The van der Waals surface area contributed by atoms with Crippen molar-refractivity contribution < 1.29 is 36.8 Å². The van der Waals surface area contributed by atoms with Crippen LogP contribution in [-0.4, -0.2) is 63.8 Å². The third-order valence-corrected chi connectivity index (χ3v) is 15.9. The number of aliphatic hydroxyl groups excluding tert-OH is 1.